The molecule has 0 radical (unpaired) electrons. The third-order valence-electron chi connectivity index (χ3n) is 14.5. The standard InChI is InChI=1S/C65H44N6/c1-3-43(36-56-42(2)68(47-18-6-4-7-19-47)58-26-14-12-24-52(56)58)45-30-33-55-51-23-11-17-29-61(51)71(64(55)38-45)65-66-40-49(41-67-65)70-59-27-15-10-22-50(59)54-34-31-46(39-63(54)70)44-32-35-62-57(37-44)53-25-13-16-28-60(53)69(62)48-20-8-5-9-21-48/h3-41H,1H2,2H3/b43-36+. The zero-order valence-corrected chi connectivity index (χ0v) is 38.9. The average molecular weight is 909 g/mol. The molecule has 0 amide bonds. The van der Waals surface area contributed by atoms with Crippen LogP contribution in [0.1, 0.15) is 16.8 Å². The second-order valence-corrected chi connectivity index (χ2v) is 18.3. The van der Waals surface area contributed by atoms with Gasteiger partial charge in [0.25, 0.3) is 0 Å². The number of hydrogen-bond acceptors (Lipinski definition) is 2. The number of allylic oxidation sites excluding steroid dienone is 2. The Labute approximate surface area is 409 Å². The van der Waals surface area contributed by atoms with Crippen molar-refractivity contribution >= 4 is 88.0 Å². The van der Waals surface area contributed by atoms with Crippen LogP contribution in [0, 0.1) is 6.92 Å². The quantitative estimate of drug-likeness (QED) is 0.143. The van der Waals surface area contributed by atoms with Crippen LogP contribution in [-0.2, 0) is 0 Å². The Balaban J connectivity index is 0.884. The Morgan fingerprint density at radius 2 is 0.831 bits per heavy atom. The Morgan fingerprint density at radius 3 is 1.46 bits per heavy atom. The van der Waals surface area contributed by atoms with Crippen molar-refractivity contribution in [3.05, 3.63) is 254 Å². The van der Waals surface area contributed by atoms with E-state index in [2.05, 4.69) is 250 Å². The Bertz CT molecular complexity index is 4470. The predicted molar refractivity (Wildman–Crippen MR) is 297 cm³/mol. The molecular formula is C65H44N6. The number of nitrogens with zero attached hydrogens (tertiary/aromatic N) is 6. The van der Waals surface area contributed by atoms with Crippen LogP contribution < -0.4 is 0 Å². The van der Waals surface area contributed by atoms with Gasteiger partial charge in [-0.1, -0.05) is 152 Å². The van der Waals surface area contributed by atoms with Gasteiger partial charge in [-0.3, -0.25) is 4.57 Å². The van der Waals surface area contributed by atoms with Crippen LogP contribution in [0.15, 0.2) is 237 Å². The Kier molecular flexibility index (Phi) is 9.16. The van der Waals surface area contributed by atoms with E-state index in [1.807, 2.05) is 18.5 Å². The second kappa shape index (κ2) is 16.0. The van der Waals surface area contributed by atoms with Crippen molar-refractivity contribution in [2.24, 2.45) is 0 Å². The van der Waals surface area contributed by atoms with Crippen LogP contribution in [0.4, 0.5) is 0 Å². The highest BCUT2D eigenvalue weighted by Gasteiger charge is 2.20. The van der Waals surface area contributed by atoms with Crippen LogP contribution in [0.25, 0.3) is 122 Å². The highest BCUT2D eigenvalue weighted by atomic mass is 15.2. The fourth-order valence-electron chi connectivity index (χ4n) is 11.2. The third kappa shape index (κ3) is 6.28. The first kappa shape index (κ1) is 40.5. The van der Waals surface area contributed by atoms with Crippen LogP contribution in [0.2, 0.25) is 0 Å². The molecule has 0 spiro atoms. The molecule has 5 heterocycles. The highest BCUT2D eigenvalue weighted by molar-refractivity contribution is 6.13. The molecule has 5 aromatic heterocycles. The number of rotatable bonds is 8. The first-order valence-corrected chi connectivity index (χ1v) is 24.1. The first-order chi connectivity index (χ1) is 35.1. The first-order valence-electron chi connectivity index (χ1n) is 24.1. The summed E-state index contributed by atoms with van der Waals surface area (Å²) in [5.74, 6) is 0.604. The van der Waals surface area contributed by atoms with Crippen molar-refractivity contribution in [1.82, 2.24) is 28.2 Å². The molecular weight excluding hydrogens is 865 g/mol. The van der Waals surface area contributed by atoms with Gasteiger partial charge in [0.05, 0.1) is 56.7 Å². The maximum absolute atomic E-state index is 5.19. The molecule has 0 saturated heterocycles. The fraction of sp³-hybridized carbons (Fsp3) is 0.0154. The summed E-state index contributed by atoms with van der Waals surface area (Å²) in [7, 11) is 0. The van der Waals surface area contributed by atoms with Crippen LogP contribution in [0.3, 0.4) is 0 Å². The van der Waals surface area contributed by atoms with Gasteiger partial charge in [0.15, 0.2) is 0 Å². The minimum atomic E-state index is 0.604. The molecule has 0 unspecified atom stereocenters. The van der Waals surface area contributed by atoms with E-state index < -0.39 is 0 Å². The fourth-order valence-corrected chi connectivity index (χ4v) is 11.2. The zero-order valence-electron chi connectivity index (χ0n) is 38.9. The van der Waals surface area contributed by atoms with E-state index in [9.17, 15) is 0 Å². The molecule has 9 aromatic carbocycles. The van der Waals surface area contributed by atoms with Crippen LogP contribution >= 0.6 is 0 Å². The van der Waals surface area contributed by atoms with Gasteiger partial charge in [-0.05, 0) is 108 Å². The number of para-hydroxylation sites is 6. The number of fused-ring (bicyclic) bond motifs is 10. The highest BCUT2D eigenvalue weighted by Crippen LogP contribution is 2.40. The van der Waals surface area contributed by atoms with Gasteiger partial charge in [0.1, 0.15) is 0 Å². The van der Waals surface area contributed by atoms with Crippen LogP contribution in [0.5, 0.6) is 0 Å². The minimum Gasteiger partial charge on any atom is -0.313 e. The molecule has 71 heavy (non-hydrogen) atoms. The van der Waals surface area contributed by atoms with E-state index in [1.165, 1.54) is 54.7 Å². The molecule has 0 N–H and O–H groups in total. The maximum atomic E-state index is 5.19. The van der Waals surface area contributed by atoms with E-state index in [-0.39, 0.29) is 0 Å². The molecule has 0 aliphatic heterocycles. The lowest BCUT2D eigenvalue weighted by Crippen LogP contribution is -2.03. The number of benzene rings is 9. The van der Waals surface area contributed by atoms with Crippen LogP contribution in [-0.4, -0.2) is 28.2 Å². The molecule has 14 aromatic rings. The van der Waals surface area contributed by atoms with Gasteiger partial charge in [-0.15, -0.1) is 0 Å². The SMILES string of the molecule is C=C/C(=C\c1c(C)n(-c2ccccc2)c2ccccc12)c1ccc2c3ccccc3n(-c3ncc(-n4c5ccccc5c5ccc(-c6ccc7c(c6)c6ccccc6n7-c6ccccc6)cc54)cn3)c2c1. The maximum Gasteiger partial charge on any atom is 0.234 e. The van der Waals surface area contributed by atoms with Crippen molar-refractivity contribution in [2.75, 3.05) is 0 Å². The number of hydrogen-bond donors (Lipinski definition) is 0. The summed E-state index contributed by atoms with van der Waals surface area (Å²) in [5.41, 5.74) is 17.7. The van der Waals surface area contributed by atoms with E-state index >= 15 is 0 Å². The topological polar surface area (TPSA) is 45.5 Å². The third-order valence-corrected chi connectivity index (χ3v) is 14.5. The molecule has 6 heteroatoms. The summed E-state index contributed by atoms with van der Waals surface area (Å²) in [6.45, 7) is 6.54. The smallest absolute Gasteiger partial charge is 0.234 e. The minimum absolute atomic E-state index is 0.604. The van der Waals surface area contributed by atoms with E-state index in [4.69, 9.17) is 9.97 Å². The Hall–Kier alpha value is -9.52. The molecule has 0 aliphatic rings. The van der Waals surface area contributed by atoms with Crippen molar-refractivity contribution in [2.45, 2.75) is 6.92 Å². The molecule has 0 bridgehead atoms. The summed E-state index contributed by atoms with van der Waals surface area (Å²) in [6.07, 6.45) is 8.18. The van der Waals surface area contributed by atoms with Crippen molar-refractivity contribution < 1.29 is 0 Å². The average Bonchev–Trinajstić information content (AvgIpc) is 4.14. The lowest BCUT2D eigenvalue weighted by atomic mass is 10.00. The van der Waals surface area contributed by atoms with Gasteiger partial charge < -0.3 is 13.7 Å². The molecule has 0 fully saturated rings. The molecule has 0 saturated carbocycles. The normalized spacial score (nSPS) is 12.2. The van der Waals surface area contributed by atoms with Gasteiger partial charge in [0.2, 0.25) is 5.95 Å². The summed E-state index contributed by atoms with van der Waals surface area (Å²) < 4.78 is 9.21. The molecule has 0 atom stereocenters. The molecule has 334 valence electrons. The van der Waals surface area contributed by atoms with Crippen molar-refractivity contribution in [1.29, 1.82) is 0 Å². The molecule has 14 rings (SSSR count). The van der Waals surface area contributed by atoms with E-state index in [1.54, 1.807) is 0 Å². The Morgan fingerprint density at radius 1 is 0.380 bits per heavy atom. The summed E-state index contributed by atoms with van der Waals surface area (Å²) >= 11 is 0. The summed E-state index contributed by atoms with van der Waals surface area (Å²) in [5, 5.41) is 8.29. The van der Waals surface area contributed by atoms with Crippen molar-refractivity contribution in [3.8, 4) is 34.1 Å². The van der Waals surface area contributed by atoms with E-state index in [0.717, 1.165) is 72.2 Å². The largest absolute Gasteiger partial charge is 0.313 e. The monoisotopic (exact) mass is 908 g/mol. The second-order valence-electron chi connectivity index (χ2n) is 18.3. The van der Waals surface area contributed by atoms with E-state index in [0.29, 0.717) is 5.95 Å². The van der Waals surface area contributed by atoms with Gasteiger partial charge in [0, 0.05) is 60.3 Å². The lowest BCUT2D eigenvalue weighted by molar-refractivity contribution is 0.967. The molecule has 6 nitrogen and oxygen atoms in total. The lowest BCUT2D eigenvalue weighted by Gasteiger charge is -2.11. The van der Waals surface area contributed by atoms with Gasteiger partial charge in [-0.25, -0.2) is 9.97 Å². The predicted octanol–water partition coefficient (Wildman–Crippen LogP) is 16.4. The number of aromatic nitrogens is 6. The zero-order chi connectivity index (χ0) is 47.2. The van der Waals surface area contributed by atoms with Gasteiger partial charge in [-0.2, -0.15) is 0 Å². The summed E-state index contributed by atoms with van der Waals surface area (Å²) in [4.78, 5) is 10.4. The van der Waals surface area contributed by atoms with Gasteiger partial charge >= 0.3 is 0 Å². The van der Waals surface area contributed by atoms with Crippen molar-refractivity contribution in [3.63, 3.8) is 0 Å². The summed E-state index contributed by atoms with van der Waals surface area (Å²) in [6, 6.07) is 76.1. The molecule has 0 aliphatic carbocycles.